The molecule has 1 rings (SSSR count). The molecule has 0 aliphatic carbocycles. The molecule has 0 saturated carbocycles. The van der Waals surface area contributed by atoms with Crippen LogP contribution in [0.5, 0.6) is 0 Å². The highest BCUT2D eigenvalue weighted by atomic mass is 19.1. The molecule has 0 heterocycles. The molecule has 1 atom stereocenters. The monoisotopic (exact) mass is 257 g/mol. The van der Waals surface area contributed by atoms with E-state index in [0.717, 1.165) is 12.1 Å². The molecule has 1 aromatic carbocycles. The molecule has 0 aliphatic heterocycles. The van der Waals surface area contributed by atoms with Crippen LogP contribution in [-0.2, 0) is 0 Å². The van der Waals surface area contributed by atoms with Crippen molar-refractivity contribution in [2.45, 2.75) is 13.0 Å². The van der Waals surface area contributed by atoms with Crippen molar-refractivity contribution in [3.63, 3.8) is 0 Å². The minimum absolute atomic E-state index is 0.0789. The van der Waals surface area contributed by atoms with Crippen molar-refractivity contribution in [1.29, 1.82) is 0 Å². The van der Waals surface area contributed by atoms with Gasteiger partial charge in [0.15, 0.2) is 0 Å². The molecule has 0 spiro atoms. The second-order valence-corrected chi connectivity index (χ2v) is 4.49. The number of amides is 1. The number of nitrogens with two attached hydrogens (primary N) is 1. The number of likely N-dealkylation sites (N-methyl/N-ethyl adjacent to an activating group) is 1. The van der Waals surface area contributed by atoms with E-state index in [-0.39, 0.29) is 11.6 Å². The number of halogens is 2. The van der Waals surface area contributed by atoms with Crippen LogP contribution < -0.4 is 11.1 Å². The minimum Gasteiger partial charge on any atom is -0.394 e. The molecule has 0 fully saturated rings. The van der Waals surface area contributed by atoms with E-state index in [0.29, 0.717) is 6.54 Å². The molecule has 6 heteroatoms. The zero-order chi connectivity index (χ0) is 13.9. The molecule has 0 saturated heterocycles. The first-order valence-corrected chi connectivity index (χ1v) is 5.51. The molecule has 1 unspecified atom stereocenters. The van der Waals surface area contributed by atoms with Gasteiger partial charge in [-0.15, -0.1) is 0 Å². The largest absolute Gasteiger partial charge is 0.394 e. The summed E-state index contributed by atoms with van der Waals surface area (Å²) in [4.78, 5) is 13.6. The first-order chi connectivity index (χ1) is 8.31. The molecule has 0 aromatic heterocycles. The first kappa shape index (κ1) is 14.4. The van der Waals surface area contributed by atoms with Gasteiger partial charge >= 0.3 is 0 Å². The van der Waals surface area contributed by atoms with Gasteiger partial charge < -0.3 is 16.0 Å². The Morgan fingerprint density at radius 1 is 1.39 bits per heavy atom. The second kappa shape index (κ2) is 5.77. The summed E-state index contributed by atoms with van der Waals surface area (Å²) in [5.41, 5.74) is 4.47. The van der Waals surface area contributed by atoms with Crippen LogP contribution in [0.2, 0.25) is 0 Å². The Labute approximate surface area is 105 Å². The average molecular weight is 257 g/mol. The molecule has 1 amide bonds. The molecule has 18 heavy (non-hydrogen) atoms. The number of nitrogen functional groups attached to an aromatic ring is 1. The number of rotatable bonds is 4. The number of hydrogen-bond donors (Lipinski definition) is 2. The van der Waals surface area contributed by atoms with Gasteiger partial charge in [-0.3, -0.25) is 4.79 Å². The van der Waals surface area contributed by atoms with Crippen LogP contribution in [0.25, 0.3) is 0 Å². The molecule has 100 valence electrons. The van der Waals surface area contributed by atoms with Gasteiger partial charge in [-0.25, -0.2) is 8.78 Å². The zero-order valence-corrected chi connectivity index (χ0v) is 10.6. The first-order valence-electron chi connectivity index (χ1n) is 5.51. The van der Waals surface area contributed by atoms with E-state index in [2.05, 4.69) is 5.32 Å². The normalized spacial score (nSPS) is 12.6. The van der Waals surface area contributed by atoms with Crippen molar-refractivity contribution in [1.82, 2.24) is 10.2 Å². The summed E-state index contributed by atoms with van der Waals surface area (Å²) in [5, 5.41) is 2.65. The van der Waals surface area contributed by atoms with E-state index in [1.165, 1.54) is 0 Å². The maximum absolute atomic E-state index is 13.2. The third kappa shape index (κ3) is 3.66. The van der Waals surface area contributed by atoms with Crippen molar-refractivity contribution in [3.8, 4) is 0 Å². The van der Waals surface area contributed by atoms with E-state index in [1.807, 2.05) is 25.9 Å². The molecule has 3 N–H and O–H groups in total. The van der Waals surface area contributed by atoms with E-state index < -0.39 is 23.2 Å². The third-order valence-corrected chi connectivity index (χ3v) is 2.36. The van der Waals surface area contributed by atoms with Gasteiger partial charge in [0.2, 0.25) is 0 Å². The van der Waals surface area contributed by atoms with Gasteiger partial charge in [0.25, 0.3) is 5.91 Å². The number of nitrogens with one attached hydrogen (secondary N) is 1. The lowest BCUT2D eigenvalue weighted by atomic mass is 10.1. The Morgan fingerprint density at radius 2 is 1.89 bits per heavy atom. The van der Waals surface area contributed by atoms with Crippen LogP contribution >= 0.6 is 0 Å². The number of anilines is 1. The molecule has 0 aliphatic rings. The molecule has 0 bridgehead atoms. The van der Waals surface area contributed by atoms with Crippen LogP contribution in [0, 0.1) is 11.6 Å². The highest BCUT2D eigenvalue weighted by Gasteiger charge is 2.15. The Bertz CT molecular complexity index is 426. The SMILES string of the molecule is CC(CN(C)C)NC(=O)c1cc(F)c(N)c(F)c1. The lowest BCUT2D eigenvalue weighted by Crippen LogP contribution is -2.39. The smallest absolute Gasteiger partial charge is 0.251 e. The summed E-state index contributed by atoms with van der Waals surface area (Å²) < 4.78 is 26.4. The highest BCUT2D eigenvalue weighted by molar-refractivity contribution is 5.94. The van der Waals surface area contributed by atoms with Crippen LogP contribution in [-0.4, -0.2) is 37.5 Å². The van der Waals surface area contributed by atoms with Gasteiger partial charge in [0.1, 0.15) is 17.3 Å². The lowest BCUT2D eigenvalue weighted by molar-refractivity contribution is 0.0933. The van der Waals surface area contributed by atoms with Crippen LogP contribution in [0.4, 0.5) is 14.5 Å². The summed E-state index contributed by atoms with van der Waals surface area (Å²) in [6.07, 6.45) is 0. The Kier molecular flexibility index (Phi) is 4.61. The number of nitrogens with zero attached hydrogens (tertiary/aromatic N) is 1. The van der Waals surface area contributed by atoms with Crippen molar-refractivity contribution < 1.29 is 13.6 Å². The highest BCUT2D eigenvalue weighted by Crippen LogP contribution is 2.17. The molecular weight excluding hydrogens is 240 g/mol. The lowest BCUT2D eigenvalue weighted by Gasteiger charge is -2.18. The Balaban J connectivity index is 2.79. The predicted octanol–water partition coefficient (Wildman–Crippen LogP) is 1.23. The van der Waals surface area contributed by atoms with E-state index in [9.17, 15) is 13.6 Å². The molecule has 0 radical (unpaired) electrons. The quantitative estimate of drug-likeness (QED) is 0.798. The van der Waals surface area contributed by atoms with E-state index in [4.69, 9.17) is 5.73 Å². The number of benzene rings is 1. The predicted molar refractivity (Wildman–Crippen MR) is 66.3 cm³/mol. The topological polar surface area (TPSA) is 58.4 Å². The van der Waals surface area contributed by atoms with E-state index in [1.54, 1.807) is 0 Å². The minimum atomic E-state index is -0.930. The van der Waals surface area contributed by atoms with Gasteiger partial charge in [-0.2, -0.15) is 0 Å². The summed E-state index contributed by atoms with van der Waals surface area (Å²) in [6, 6.07) is 1.72. The van der Waals surface area contributed by atoms with Crippen molar-refractivity contribution >= 4 is 11.6 Å². The maximum Gasteiger partial charge on any atom is 0.251 e. The maximum atomic E-state index is 13.2. The van der Waals surface area contributed by atoms with Gasteiger partial charge in [0.05, 0.1) is 0 Å². The van der Waals surface area contributed by atoms with Gasteiger partial charge in [-0.05, 0) is 33.2 Å². The number of hydrogen-bond acceptors (Lipinski definition) is 3. The summed E-state index contributed by atoms with van der Waals surface area (Å²) in [5.74, 6) is -2.39. The van der Waals surface area contributed by atoms with Crippen molar-refractivity contribution in [2.24, 2.45) is 0 Å². The molecular formula is C12H17F2N3O. The fourth-order valence-corrected chi connectivity index (χ4v) is 1.62. The number of carbonyl (C=O) groups excluding carboxylic acids is 1. The van der Waals surface area contributed by atoms with Crippen LogP contribution in [0.1, 0.15) is 17.3 Å². The fourth-order valence-electron chi connectivity index (χ4n) is 1.62. The van der Waals surface area contributed by atoms with Gasteiger partial charge in [-0.1, -0.05) is 0 Å². The number of carbonyl (C=O) groups is 1. The summed E-state index contributed by atoms with van der Waals surface area (Å²) in [7, 11) is 3.73. The standard InChI is InChI=1S/C12H17F2N3O/c1-7(6-17(2)3)16-12(18)8-4-9(13)11(15)10(14)5-8/h4-5,7H,6,15H2,1-3H3,(H,16,18). The van der Waals surface area contributed by atoms with Crippen LogP contribution in [0.15, 0.2) is 12.1 Å². The Morgan fingerprint density at radius 3 is 2.33 bits per heavy atom. The second-order valence-electron chi connectivity index (χ2n) is 4.49. The fraction of sp³-hybridized carbons (Fsp3) is 0.417. The average Bonchev–Trinajstić information content (AvgIpc) is 2.23. The summed E-state index contributed by atoms with van der Waals surface area (Å²) in [6.45, 7) is 2.44. The van der Waals surface area contributed by atoms with E-state index >= 15 is 0 Å². The third-order valence-electron chi connectivity index (χ3n) is 2.36. The van der Waals surface area contributed by atoms with Crippen molar-refractivity contribution in [3.05, 3.63) is 29.3 Å². The zero-order valence-electron chi connectivity index (χ0n) is 10.6. The molecule has 1 aromatic rings. The van der Waals surface area contributed by atoms with Crippen molar-refractivity contribution in [2.75, 3.05) is 26.4 Å². The van der Waals surface area contributed by atoms with Gasteiger partial charge in [0, 0.05) is 18.2 Å². The molecule has 4 nitrogen and oxygen atoms in total. The van der Waals surface area contributed by atoms with Crippen LogP contribution in [0.3, 0.4) is 0 Å². The summed E-state index contributed by atoms with van der Waals surface area (Å²) >= 11 is 0. The Hall–Kier alpha value is -1.69.